The molecule has 0 aromatic heterocycles. The van der Waals surface area contributed by atoms with E-state index in [-0.39, 0.29) is 17.8 Å². The second-order valence-corrected chi connectivity index (χ2v) is 4.44. The number of Topliss-reactive ketones (excluding diaryl/α,β-unsaturated/α-hetero) is 1. The Labute approximate surface area is 117 Å². The van der Waals surface area contributed by atoms with Gasteiger partial charge < -0.3 is 5.32 Å². The first-order valence-electron chi connectivity index (χ1n) is 6.61. The van der Waals surface area contributed by atoms with Crippen LogP contribution in [0.2, 0.25) is 0 Å². The minimum Gasteiger partial charge on any atom is -0.314 e. The highest BCUT2D eigenvalue weighted by molar-refractivity contribution is 6.40. The molecule has 1 N–H and O–H groups in total. The van der Waals surface area contributed by atoms with Crippen LogP contribution in [0.15, 0.2) is 18.2 Å². The summed E-state index contributed by atoms with van der Waals surface area (Å²) >= 11 is 0. The summed E-state index contributed by atoms with van der Waals surface area (Å²) in [4.78, 5) is 33.2. The van der Waals surface area contributed by atoms with Crippen molar-refractivity contribution in [3.05, 3.63) is 33.9 Å². The predicted octanol–water partition coefficient (Wildman–Crippen LogP) is 2.86. The Morgan fingerprint density at radius 3 is 2.55 bits per heavy atom. The van der Waals surface area contributed by atoms with Crippen molar-refractivity contribution in [2.24, 2.45) is 0 Å². The molecule has 0 atom stereocenters. The van der Waals surface area contributed by atoms with Crippen molar-refractivity contribution >= 4 is 23.1 Å². The summed E-state index contributed by atoms with van der Waals surface area (Å²) < 4.78 is 0. The predicted molar refractivity (Wildman–Crippen MR) is 75.6 cm³/mol. The van der Waals surface area contributed by atoms with Crippen LogP contribution in [0.25, 0.3) is 0 Å². The average Bonchev–Trinajstić information content (AvgIpc) is 2.44. The smallest absolute Gasteiger partial charge is 0.293 e. The van der Waals surface area contributed by atoms with E-state index in [1.54, 1.807) is 13.0 Å². The number of nitrogens with zero attached hydrogens (tertiary/aromatic N) is 1. The highest BCUT2D eigenvalue weighted by Crippen LogP contribution is 2.26. The molecule has 1 aromatic rings. The lowest BCUT2D eigenvalue weighted by Crippen LogP contribution is -2.22. The van der Waals surface area contributed by atoms with Gasteiger partial charge in [-0.05, 0) is 24.5 Å². The molecule has 0 unspecified atom stereocenters. The van der Waals surface area contributed by atoms with Gasteiger partial charge in [-0.2, -0.15) is 0 Å². The van der Waals surface area contributed by atoms with Crippen LogP contribution in [0, 0.1) is 10.1 Å². The molecule has 0 aliphatic carbocycles. The number of nitro benzene ring substituents is 1. The number of hydrogen-bond acceptors (Lipinski definition) is 4. The Balaban J connectivity index is 2.98. The number of anilines is 1. The molecular weight excluding hydrogens is 260 g/mol. The zero-order valence-corrected chi connectivity index (χ0v) is 11.6. The average molecular weight is 278 g/mol. The molecule has 0 radical (unpaired) electrons. The minimum absolute atomic E-state index is 0.0575. The summed E-state index contributed by atoms with van der Waals surface area (Å²) in [6, 6.07) is 4.65. The lowest BCUT2D eigenvalue weighted by atomic mass is 10.1. The van der Waals surface area contributed by atoms with Crippen LogP contribution < -0.4 is 5.32 Å². The molecule has 0 aliphatic rings. The molecule has 0 saturated heterocycles. The van der Waals surface area contributed by atoms with E-state index in [4.69, 9.17) is 0 Å². The van der Waals surface area contributed by atoms with Gasteiger partial charge in [0, 0.05) is 12.5 Å². The van der Waals surface area contributed by atoms with E-state index in [0.29, 0.717) is 0 Å². The molecular formula is C14H18N2O4. The number of hydrogen-bond donors (Lipinski definition) is 1. The lowest BCUT2D eigenvalue weighted by Gasteiger charge is -2.07. The van der Waals surface area contributed by atoms with Gasteiger partial charge in [0.05, 0.1) is 4.92 Å². The van der Waals surface area contributed by atoms with E-state index in [1.807, 2.05) is 6.92 Å². The Morgan fingerprint density at radius 2 is 2.00 bits per heavy atom. The largest absolute Gasteiger partial charge is 0.314 e. The Morgan fingerprint density at radius 1 is 1.30 bits per heavy atom. The third-order valence-electron chi connectivity index (χ3n) is 2.90. The van der Waals surface area contributed by atoms with Crippen molar-refractivity contribution in [1.29, 1.82) is 0 Å². The number of benzene rings is 1. The third-order valence-corrected chi connectivity index (χ3v) is 2.90. The Hall–Kier alpha value is -2.24. The molecule has 0 heterocycles. The molecule has 108 valence electrons. The van der Waals surface area contributed by atoms with E-state index >= 15 is 0 Å². The molecule has 6 nitrogen and oxygen atoms in total. The second-order valence-electron chi connectivity index (χ2n) is 4.44. The molecule has 6 heteroatoms. The van der Waals surface area contributed by atoms with Gasteiger partial charge in [0.15, 0.2) is 0 Å². The van der Waals surface area contributed by atoms with Gasteiger partial charge in [-0.1, -0.05) is 26.3 Å². The zero-order valence-electron chi connectivity index (χ0n) is 11.6. The molecule has 0 spiro atoms. The van der Waals surface area contributed by atoms with Crippen molar-refractivity contribution < 1.29 is 14.5 Å². The molecule has 0 aliphatic heterocycles. The van der Waals surface area contributed by atoms with Crippen molar-refractivity contribution in [3.8, 4) is 0 Å². The van der Waals surface area contributed by atoms with E-state index in [9.17, 15) is 19.7 Å². The number of unbranched alkanes of at least 4 members (excludes halogenated alkanes) is 1. The fourth-order valence-electron chi connectivity index (χ4n) is 1.72. The maximum atomic E-state index is 11.5. The molecule has 1 amide bonds. The summed E-state index contributed by atoms with van der Waals surface area (Å²) in [7, 11) is 0. The molecule has 20 heavy (non-hydrogen) atoms. The van der Waals surface area contributed by atoms with Gasteiger partial charge in [-0.25, -0.2) is 0 Å². The van der Waals surface area contributed by atoms with Gasteiger partial charge in [0.2, 0.25) is 5.78 Å². The number of nitro groups is 1. The monoisotopic (exact) mass is 278 g/mol. The van der Waals surface area contributed by atoms with Crippen LogP contribution in [-0.4, -0.2) is 16.6 Å². The number of aryl methyl sites for hydroxylation is 1. The summed E-state index contributed by atoms with van der Waals surface area (Å²) in [6.07, 6.45) is 2.75. The van der Waals surface area contributed by atoms with Crippen LogP contribution in [0.5, 0.6) is 0 Å². The quantitative estimate of drug-likeness (QED) is 0.472. The van der Waals surface area contributed by atoms with Gasteiger partial charge in [-0.15, -0.1) is 0 Å². The summed E-state index contributed by atoms with van der Waals surface area (Å²) in [5.74, 6) is -1.42. The van der Waals surface area contributed by atoms with Gasteiger partial charge in [-0.3, -0.25) is 19.7 Å². The van der Waals surface area contributed by atoms with Crippen molar-refractivity contribution in [2.45, 2.75) is 39.5 Å². The van der Waals surface area contributed by atoms with Gasteiger partial charge >= 0.3 is 0 Å². The van der Waals surface area contributed by atoms with Crippen LogP contribution in [0.1, 0.15) is 38.7 Å². The van der Waals surface area contributed by atoms with Crippen molar-refractivity contribution in [3.63, 3.8) is 0 Å². The molecule has 0 fully saturated rings. The topological polar surface area (TPSA) is 89.3 Å². The zero-order chi connectivity index (χ0) is 15.1. The number of carbonyl (C=O) groups excluding carboxylic acids is 2. The van der Waals surface area contributed by atoms with E-state index in [2.05, 4.69) is 5.32 Å². The maximum Gasteiger partial charge on any atom is 0.293 e. The molecule has 1 rings (SSSR count). The van der Waals surface area contributed by atoms with E-state index in [1.165, 1.54) is 12.1 Å². The van der Waals surface area contributed by atoms with Crippen LogP contribution >= 0.6 is 0 Å². The normalized spacial score (nSPS) is 10.1. The fraction of sp³-hybridized carbons (Fsp3) is 0.429. The molecule has 0 saturated carbocycles. The lowest BCUT2D eigenvalue weighted by molar-refractivity contribution is -0.384. The highest BCUT2D eigenvalue weighted by atomic mass is 16.6. The number of ketones is 1. The molecule has 0 bridgehead atoms. The third kappa shape index (κ3) is 4.15. The van der Waals surface area contributed by atoms with E-state index in [0.717, 1.165) is 24.8 Å². The summed E-state index contributed by atoms with van der Waals surface area (Å²) in [5.41, 5.74) is 0.719. The second kappa shape index (κ2) is 7.37. The highest BCUT2D eigenvalue weighted by Gasteiger charge is 2.19. The number of carbonyl (C=O) groups is 2. The van der Waals surface area contributed by atoms with Gasteiger partial charge in [0.25, 0.3) is 11.6 Å². The maximum absolute atomic E-state index is 11.5. The first-order chi connectivity index (χ1) is 9.49. The summed E-state index contributed by atoms with van der Waals surface area (Å²) in [5, 5.41) is 13.3. The number of nitrogens with one attached hydrogen (secondary N) is 1. The van der Waals surface area contributed by atoms with Crippen molar-refractivity contribution in [2.75, 3.05) is 5.32 Å². The Kier molecular flexibility index (Phi) is 5.83. The first-order valence-corrected chi connectivity index (χ1v) is 6.61. The number of rotatable bonds is 7. The summed E-state index contributed by atoms with van der Waals surface area (Å²) in [6.45, 7) is 3.60. The van der Waals surface area contributed by atoms with Gasteiger partial charge in [0.1, 0.15) is 5.69 Å². The van der Waals surface area contributed by atoms with Crippen LogP contribution in [0.3, 0.4) is 0 Å². The van der Waals surface area contributed by atoms with Crippen LogP contribution in [-0.2, 0) is 16.0 Å². The standard InChI is InChI=1S/C14H18N2O4/c1-3-5-6-10-7-8-11(12(9-10)16(19)20)15-14(18)13(17)4-2/h7-9H,3-6H2,1-2H3,(H,15,18). The molecule has 1 aromatic carbocycles. The Bertz CT molecular complexity index is 526. The number of amides is 1. The first kappa shape index (κ1) is 15.8. The van der Waals surface area contributed by atoms with Crippen molar-refractivity contribution in [1.82, 2.24) is 0 Å². The van der Waals surface area contributed by atoms with Crippen LogP contribution in [0.4, 0.5) is 11.4 Å². The minimum atomic E-state index is -0.822. The fourth-order valence-corrected chi connectivity index (χ4v) is 1.72. The van der Waals surface area contributed by atoms with E-state index < -0.39 is 16.6 Å². The SMILES string of the molecule is CCCCc1ccc(NC(=O)C(=O)CC)c([N+](=O)[O-])c1.